The van der Waals surface area contributed by atoms with E-state index in [9.17, 15) is 0 Å². The normalized spacial score (nSPS) is 10.4. The first-order chi connectivity index (χ1) is 8.81. The fourth-order valence-corrected chi connectivity index (χ4v) is 1.52. The van der Waals surface area contributed by atoms with Crippen molar-refractivity contribution in [2.75, 3.05) is 40.6 Å². The molecule has 5 heteroatoms. The van der Waals surface area contributed by atoms with E-state index >= 15 is 0 Å². The van der Waals surface area contributed by atoms with Crippen molar-refractivity contribution >= 4 is 0 Å². The Labute approximate surface area is 108 Å². The molecule has 0 aromatic heterocycles. The Morgan fingerprint density at radius 3 is 2.67 bits per heavy atom. The van der Waals surface area contributed by atoms with E-state index in [-0.39, 0.29) is 6.61 Å². The van der Waals surface area contributed by atoms with Crippen molar-refractivity contribution in [3.63, 3.8) is 0 Å². The summed E-state index contributed by atoms with van der Waals surface area (Å²) in [5, 5.41) is 11.6. The Morgan fingerprint density at radius 1 is 1.17 bits per heavy atom. The summed E-state index contributed by atoms with van der Waals surface area (Å²) in [6.07, 6.45) is 0. The van der Waals surface area contributed by atoms with Crippen LogP contribution in [0.5, 0.6) is 11.5 Å². The van der Waals surface area contributed by atoms with Crippen LogP contribution in [0.4, 0.5) is 0 Å². The van der Waals surface area contributed by atoms with Crippen molar-refractivity contribution in [2.24, 2.45) is 0 Å². The van der Waals surface area contributed by atoms with E-state index < -0.39 is 0 Å². The lowest BCUT2D eigenvalue weighted by atomic mass is 10.2. The fourth-order valence-electron chi connectivity index (χ4n) is 1.52. The first kappa shape index (κ1) is 14.8. The highest BCUT2D eigenvalue weighted by Gasteiger charge is 2.05. The number of ether oxygens (including phenoxy) is 3. The van der Waals surface area contributed by atoms with E-state index in [2.05, 4.69) is 5.32 Å². The summed E-state index contributed by atoms with van der Waals surface area (Å²) >= 11 is 0. The smallest absolute Gasteiger partial charge is 0.161 e. The molecule has 0 saturated carbocycles. The number of benzene rings is 1. The van der Waals surface area contributed by atoms with E-state index in [1.807, 2.05) is 25.2 Å². The second-order valence-electron chi connectivity index (χ2n) is 3.70. The monoisotopic (exact) mass is 255 g/mol. The summed E-state index contributed by atoms with van der Waals surface area (Å²) in [7, 11) is 3.52. The van der Waals surface area contributed by atoms with Gasteiger partial charge in [0.25, 0.3) is 0 Å². The Morgan fingerprint density at radius 2 is 2.00 bits per heavy atom. The van der Waals surface area contributed by atoms with Crippen LogP contribution in [0.25, 0.3) is 0 Å². The standard InChI is InChI=1S/C13H21NO4/c1-14-10-11-3-4-12(13(9-11)16-2)18-8-7-17-6-5-15/h3-4,9,14-15H,5-8,10H2,1-2H3. The lowest BCUT2D eigenvalue weighted by molar-refractivity contribution is 0.0699. The molecule has 5 nitrogen and oxygen atoms in total. The molecule has 0 spiro atoms. The van der Waals surface area contributed by atoms with Gasteiger partial charge in [-0.3, -0.25) is 0 Å². The summed E-state index contributed by atoms with van der Waals surface area (Å²) in [4.78, 5) is 0. The molecule has 0 fully saturated rings. The lowest BCUT2D eigenvalue weighted by Gasteiger charge is -2.12. The molecule has 1 aromatic rings. The summed E-state index contributed by atoms with van der Waals surface area (Å²) in [5.74, 6) is 1.41. The molecule has 0 radical (unpaired) electrons. The largest absolute Gasteiger partial charge is 0.493 e. The van der Waals surface area contributed by atoms with E-state index in [1.54, 1.807) is 7.11 Å². The van der Waals surface area contributed by atoms with Crippen LogP contribution in [-0.4, -0.2) is 45.7 Å². The minimum Gasteiger partial charge on any atom is -0.493 e. The maximum Gasteiger partial charge on any atom is 0.161 e. The minimum atomic E-state index is 0.0298. The summed E-state index contributed by atoms with van der Waals surface area (Å²) in [6.45, 7) is 2.03. The predicted octanol–water partition coefficient (Wildman–Crippen LogP) is 0.802. The van der Waals surface area contributed by atoms with Crippen molar-refractivity contribution in [3.05, 3.63) is 23.8 Å². The van der Waals surface area contributed by atoms with Crippen molar-refractivity contribution in [1.82, 2.24) is 5.32 Å². The highest BCUT2D eigenvalue weighted by atomic mass is 16.5. The molecule has 0 aliphatic carbocycles. The van der Waals surface area contributed by atoms with E-state index in [1.165, 1.54) is 0 Å². The average molecular weight is 255 g/mol. The number of rotatable bonds is 9. The molecular formula is C13H21NO4. The van der Waals surface area contributed by atoms with E-state index in [4.69, 9.17) is 19.3 Å². The molecule has 0 heterocycles. The van der Waals surface area contributed by atoms with Crippen LogP contribution < -0.4 is 14.8 Å². The van der Waals surface area contributed by atoms with Gasteiger partial charge in [0, 0.05) is 6.54 Å². The molecule has 2 N–H and O–H groups in total. The van der Waals surface area contributed by atoms with Gasteiger partial charge in [-0.05, 0) is 24.7 Å². The molecule has 18 heavy (non-hydrogen) atoms. The molecule has 0 atom stereocenters. The lowest BCUT2D eigenvalue weighted by Crippen LogP contribution is -2.10. The van der Waals surface area contributed by atoms with Gasteiger partial charge in [-0.25, -0.2) is 0 Å². The van der Waals surface area contributed by atoms with Gasteiger partial charge in [0.05, 0.1) is 26.9 Å². The SMILES string of the molecule is CNCc1ccc(OCCOCCO)c(OC)c1. The Hall–Kier alpha value is -1.30. The van der Waals surface area contributed by atoms with Crippen LogP contribution in [0.2, 0.25) is 0 Å². The number of aliphatic hydroxyl groups excluding tert-OH is 1. The molecule has 102 valence electrons. The van der Waals surface area contributed by atoms with Gasteiger partial charge in [-0.15, -0.1) is 0 Å². The van der Waals surface area contributed by atoms with Crippen molar-refractivity contribution in [2.45, 2.75) is 6.54 Å². The minimum absolute atomic E-state index is 0.0298. The zero-order valence-electron chi connectivity index (χ0n) is 10.9. The van der Waals surface area contributed by atoms with Crippen LogP contribution in [0, 0.1) is 0 Å². The van der Waals surface area contributed by atoms with Gasteiger partial charge < -0.3 is 24.6 Å². The molecule has 0 aliphatic heterocycles. The third-order valence-corrected chi connectivity index (χ3v) is 2.33. The van der Waals surface area contributed by atoms with Gasteiger partial charge in [-0.2, -0.15) is 0 Å². The maximum atomic E-state index is 8.55. The summed E-state index contributed by atoms with van der Waals surface area (Å²) < 4.78 is 15.9. The first-order valence-corrected chi connectivity index (χ1v) is 5.94. The Balaban J connectivity index is 2.48. The third kappa shape index (κ3) is 4.91. The number of methoxy groups -OCH3 is 1. The second-order valence-corrected chi connectivity index (χ2v) is 3.70. The summed E-state index contributed by atoms with van der Waals surface area (Å²) in [5.41, 5.74) is 1.14. The molecule has 0 amide bonds. The molecule has 0 aliphatic rings. The third-order valence-electron chi connectivity index (χ3n) is 2.33. The molecule has 0 saturated heterocycles. The van der Waals surface area contributed by atoms with Gasteiger partial charge in [0.2, 0.25) is 0 Å². The first-order valence-electron chi connectivity index (χ1n) is 5.94. The number of aliphatic hydroxyl groups is 1. The maximum absolute atomic E-state index is 8.55. The van der Waals surface area contributed by atoms with Gasteiger partial charge in [0.1, 0.15) is 6.61 Å². The van der Waals surface area contributed by atoms with Gasteiger partial charge >= 0.3 is 0 Å². The Kier molecular flexibility index (Phi) is 7.17. The second kappa shape index (κ2) is 8.74. The quantitative estimate of drug-likeness (QED) is 0.639. The molecule has 1 rings (SSSR count). The van der Waals surface area contributed by atoms with Crippen molar-refractivity contribution < 1.29 is 19.3 Å². The molecule has 1 aromatic carbocycles. The summed E-state index contributed by atoms with van der Waals surface area (Å²) in [6, 6.07) is 5.82. The number of hydrogen-bond donors (Lipinski definition) is 2. The van der Waals surface area contributed by atoms with E-state index in [0.29, 0.717) is 31.3 Å². The van der Waals surface area contributed by atoms with E-state index in [0.717, 1.165) is 12.1 Å². The average Bonchev–Trinajstić information content (AvgIpc) is 2.40. The predicted molar refractivity (Wildman–Crippen MR) is 69.2 cm³/mol. The topological polar surface area (TPSA) is 60.0 Å². The van der Waals surface area contributed by atoms with Crippen molar-refractivity contribution in [3.8, 4) is 11.5 Å². The highest BCUT2D eigenvalue weighted by molar-refractivity contribution is 5.42. The molecular weight excluding hydrogens is 234 g/mol. The van der Waals surface area contributed by atoms with Crippen LogP contribution in [0.1, 0.15) is 5.56 Å². The van der Waals surface area contributed by atoms with Gasteiger partial charge in [0.15, 0.2) is 11.5 Å². The zero-order chi connectivity index (χ0) is 13.2. The van der Waals surface area contributed by atoms with Gasteiger partial charge in [-0.1, -0.05) is 6.07 Å². The Bertz CT molecular complexity index is 344. The van der Waals surface area contributed by atoms with Crippen LogP contribution in [0.3, 0.4) is 0 Å². The van der Waals surface area contributed by atoms with Crippen LogP contribution in [0.15, 0.2) is 18.2 Å². The number of hydrogen-bond acceptors (Lipinski definition) is 5. The molecule has 0 unspecified atom stereocenters. The highest BCUT2D eigenvalue weighted by Crippen LogP contribution is 2.27. The zero-order valence-corrected chi connectivity index (χ0v) is 10.9. The van der Waals surface area contributed by atoms with Crippen LogP contribution in [-0.2, 0) is 11.3 Å². The fraction of sp³-hybridized carbons (Fsp3) is 0.538. The number of nitrogens with one attached hydrogen (secondary N) is 1. The molecule has 0 bridgehead atoms. The van der Waals surface area contributed by atoms with Crippen molar-refractivity contribution in [1.29, 1.82) is 0 Å². The van der Waals surface area contributed by atoms with Crippen LogP contribution >= 0.6 is 0 Å².